The highest BCUT2D eigenvalue weighted by atomic mass is 16.8. The van der Waals surface area contributed by atoms with Crippen LogP contribution in [0.3, 0.4) is 0 Å². The van der Waals surface area contributed by atoms with E-state index in [2.05, 4.69) is 5.32 Å². The summed E-state index contributed by atoms with van der Waals surface area (Å²) < 4.78 is 15.2. The molecule has 2 rings (SSSR count). The van der Waals surface area contributed by atoms with Gasteiger partial charge in [-0.1, -0.05) is 30.3 Å². The van der Waals surface area contributed by atoms with Crippen LogP contribution in [0.25, 0.3) is 0 Å². The van der Waals surface area contributed by atoms with Crippen molar-refractivity contribution in [1.29, 1.82) is 0 Å². The first kappa shape index (κ1) is 16.1. The molecule has 1 aliphatic heterocycles. The third kappa shape index (κ3) is 4.95. The zero-order valence-corrected chi connectivity index (χ0v) is 13.0. The van der Waals surface area contributed by atoms with E-state index >= 15 is 0 Å². The Hall–Kier alpha value is -2.24. The van der Waals surface area contributed by atoms with Gasteiger partial charge in [0.05, 0.1) is 6.04 Å². The SMILES string of the molecule is CC(C)(C)OC(=O)N[C@@H](Cc1ccccc1)[C@H]1COC(=O)O1. The maximum atomic E-state index is 12.0. The molecule has 22 heavy (non-hydrogen) atoms. The van der Waals surface area contributed by atoms with Gasteiger partial charge in [0.1, 0.15) is 12.2 Å². The highest BCUT2D eigenvalue weighted by Gasteiger charge is 2.34. The standard InChI is InChI=1S/C16H21NO5/c1-16(2,3)22-14(18)17-12(13-10-20-15(19)21-13)9-11-7-5-4-6-8-11/h4-8,12-13H,9-10H2,1-3H3,(H,17,18)/t12-,13+/m0/s1. The van der Waals surface area contributed by atoms with E-state index in [0.29, 0.717) is 6.42 Å². The fraction of sp³-hybridized carbons (Fsp3) is 0.500. The summed E-state index contributed by atoms with van der Waals surface area (Å²) in [4.78, 5) is 23.1. The lowest BCUT2D eigenvalue weighted by Gasteiger charge is -2.25. The Balaban J connectivity index is 2.04. The van der Waals surface area contributed by atoms with Crippen LogP contribution in [0.5, 0.6) is 0 Å². The minimum absolute atomic E-state index is 0.117. The molecule has 0 bridgehead atoms. The maximum Gasteiger partial charge on any atom is 0.508 e. The zero-order valence-electron chi connectivity index (χ0n) is 13.0. The van der Waals surface area contributed by atoms with Crippen molar-refractivity contribution >= 4 is 12.2 Å². The molecule has 2 atom stereocenters. The summed E-state index contributed by atoms with van der Waals surface area (Å²) in [5.41, 5.74) is 0.427. The molecule has 6 nitrogen and oxygen atoms in total. The lowest BCUT2D eigenvalue weighted by molar-refractivity contribution is 0.0436. The lowest BCUT2D eigenvalue weighted by atomic mass is 10.0. The lowest BCUT2D eigenvalue weighted by Crippen LogP contribution is -2.47. The van der Waals surface area contributed by atoms with Gasteiger partial charge in [-0.3, -0.25) is 0 Å². The summed E-state index contributed by atoms with van der Waals surface area (Å²) in [6.45, 7) is 5.48. The second-order valence-electron chi connectivity index (χ2n) is 6.16. The van der Waals surface area contributed by atoms with Gasteiger partial charge < -0.3 is 19.5 Å². The molecule has 1 N–H and O–H groups in total. The quantitative estimate of drug-likeness (QED) is 0.866. The van der Waals surface area contributed by atoms with Crippen LogP contribution >= 0.6 is 0 Å². The number of nitrogens with one attached hydrogen (secondary N) is 1. The number of alkyl carbamates (subject to hydrolysis) is 1. The summed E-state index contributed by atoms with van der Waals surface area (Å²) in [6, 6.07) is 9.22. The highest BCUT2D eigenvalue weighted by molar-refractivity contribution is 5.68. The maximum absolute atomic E-state index is 12.0. The Morgan fingerprint density at radius 3 is 2.59 bits per heavy atom. The third-order valence-corrected chi connectivity index (χ3v) is 3.06. The number of carbonyl (C=O) groups is 2. The van der Waals surface area contributed by atoms with Gasteiger partial charge in [-0.05, 0) is 32.8 Å². The molecular weight excluding hydrogens is 286 g/mol. The molecule has 0 aliphatic carbocycles. The predicted molar refractivity (Wildman–Crippen MR) is 79.5 cm³/mol. The van der Waals surface area contributed by atoms with Gasteiger partial charge in [-0.15, -0.1) is 0 Å². The van der Waals surface area contributed by atoms with Crippen molar-refractivity contribution in [1.82, 2.24) is 5.32 Å². The number of amides is 1. The van der Waals surface area contributed by atoms with E-state index in [1.165, 1.54) is 0 Å². The molecule has 1 fully saturated rings. The summed E-state index contributed by atoms with van der Waals surface area (Å²) >= 11 is 0. The van der Waals surface area contributed by atoms with Crippen molar-refractivity contribution in [2.75, 3.05) is 6.61 Å². The highest BCUT2D eigenvalue weighted by Crippen LogP contribution is 2.16. The van der Waals surface area contributed by atoms with Crippen LogP contribution < -0.4 is 5.32 Å². The van der Waals surface area contributed by atoms with Crippen molar-refractivity contribution in [2.24, 2.45) is 0 Å². The normalized spacial score (nSPS) is 19.0. The summed E-state index contributed by atoms with van der Waals surface area (Å²) in [6.07, 6.45) is -1.27. The van der Waals surface area contributed by atoms with Gasteiger partial charge in [0.25, 0.3) is 0 Å². The summed E-state index contributed by atoms with van der Waals surface area (Å²) in [5.74, 6) is 0. The summed E-state index contributed by atoms with van der Waals surface area (Å²) in [7, 11) is 0. The first-order chi connectivity index (χ1) is 10.3. The molecule has 0 saturated carbocycles. The monoisotopic (exact) mass is 307 g/mol. The number of rotatable bonds is 4. The van der Waals surface area contributed by atoms with E-state index in [1.807, 2.05) is 30.3 Å². The van der Waals surface area contributed by atoms with Crippen LogP contribution in [0.15, 0.2) is 30.3 Å². The largest absolute Gasteiger partial charge is 0.508 e. The predicted octanol–water partition coefficient (Wildman–Crippen LogP) is 2.66. The van der Waals surface area contributed by atoms with Crippen LogP contribution in [0.1, 0.15) is 26.3 Å². The number of cyclic esters (lactones) is 2. The Morgan fingerprint density at radius 1 is 1.36 bits per heavy atom. The molecule has 0 unspecified atom stereocenters. The fourth-order valence-corrected chi connectivity index (χ4v) is 2.14. The number of carbonyl (C=O) groups excluding carboxylic acids is 2. The Kier molecular flexibility index (Phi) is 4.90. The number of hydrogen-bond acceptors (Lipinski definition) is 5. The van der Waals surface area contributed by atoms with Gasteiger partial charge in [0.15, 0.2) is 6.10 Å². The van der Waals surface area contributed by atoms with Gasteiger partial charge >= 0.3 is 12.2 Å². The minimum atomic E-state index is -0.714. The van der Waals surface area contributed by atoms with Crippen LogP contribution in [-0.4, -0.2) is 36.6 Å². The molecule has 0 spiro atoms. The smallest absolute Gasteiger partial charge is 0.444 e. The molecule has 1 aromatic carbocycles. The molecule has 1 amide bonds. The van der Waals surface area contributed by atoms with E-state index < -0.39 is 30.0 Å². The first-order valence-electron chi connectivity index (χ1n) is 7.20. The molecule has 1 heterocycles. The Morgan fingerprint density at radius 2 is 2.05 bits per heavy atom. The summed E-state index contributed by atoms with van der Waals surface area (Å²) in [5, 5.41) is 2.77. The van der Waals surface area contributed by atoms with E-state index in [0.717, 1.165) is 5.56 Å². The van der Waals surface area contributed by atoms with Gasteiger partial charge in [0.2, 0.25) is 0 Å². The molecule has 1 aliphatic rings. The Labute approximate surface area is 129 Å². The minimum Gasteiger partial charge on any atom is -0.444 e. The van der Waals surface area contributed by atoms with E-state index in [4.69, 9.17) is 14.2 Å². The van der Waals surface area contributed by atoms with E-state index in [-0.39, 0.29) is 6.61 Å². The van der Waals surface area contributed by atoms with Crippen molar-refractivity contribution in [3.8, 4) is 0 Å². The number of hydrogen-bond donors (Lipinski definition) is 1. The second kappa shape index (κ2) is 6.68. The van der Waals surface area contributed by atoms with Crippen LogP contribution in [0, 0.1) is 0 Å². The molecule has 1 saturated heterocycles. The molecule has 0 aromatic heterocycles. The van der Waals surface area contributed by atoms with Crippen LogP contribution in [-0.2, 0) is 20.6 Å². The van der Waals surface area contributed by atoms with Gasteiger partial charge in [-0.25, -0.2) is 9.59 Å². The van der Waals surface area contributed by atoms with Crippen molar-refractivity contribution in [3.63, 3.8) is 0 Å². The van der Waals surface area contributed by atoms with E-state index in [1.54, 1.807) is 20.8 Å². The van der Waals surface area contributed by atoms with Crippen molar-refractivity contribution in [2.45, 2.75) is 44.9 Å². The topological polar surface area (TPSA) is 73.9 Å². The van der Waals surface area contributed by atoms with Gasteiger partial charge in [0, 0.05) is 0 Å². The molecule has 120 valence electrons. The fourth-order valence-electron chi connectivity index (χ4n) is 2.14. The first-order valence-corrected chi connectivity index (χ1v) is 7.20. The van der Waals surface area contributed by atoms with Crippen molar-refractivity contribution < 1.29 is 23.8 Å². The second-order valence-corrected chi connectivity index (χ2v) is 6.16. The van der Waals surface area contributed by atoms with Gasteiger partial charge in [-0.2, -0.15) is 0 Å². The molecular formula is C16H21NO5. The van der Waals surface area contributed by atoms with E-state index in [9.17, 15) is 9.59 Å². The van der Waals surface area contributed by atoms with Crippen molar-refractivity contribution in [3.05, 3.63) is 35.9 Å². The average Bonchev–Trinajstić information content (AvgIpc) is 2.84. The average molecular weight is 307 g/mol. The number of ether oxygens (including phenoxy) is 3. The van der Waals surface area contributed by atoms with Crippen LogP contribution in [0.4, 0.5) is 9.59 Å². The molecule has 1 aromatic rings. The third-order valence-electron chi connectivity index (χ3n) is 3.06. The Bertz CT molecular complexity index is 523. The van der Waals surface area contributed by atoms with Crippen LogP contribution in [0.2, 0.25) is 0 Å². The number of benzene rings is 1. The molecule has 0 radical (unpaired) electrons. The zero-order chi connectivity index (χ0) is 16.2. The molecule has 6 heteroatoms.